The molecule has 11 rings (SSSR count). The van der Waals surface area contributed by atoms with Crippen LogP contribution in [0.1, 0.15) is 141 Å². The molecular formula is C78H103N11O10S. The Labute approximate surface area is 593 Å². The molecule has 0 bridgehead atoms. The number of carbonyl (C=O) groups is 3. The molecule has 8 aromatic rings. The average Bonchev–Trinajstić information content (AvgIpc) is 0.995. The fraction of sp³-hybridized carbons (Fsp3) is 0.449. The molecule has 0 radical (unpaired) electrons. The van der Waals surface area contributed by atoms with Crippen molar-refractivity contribution in [3.63, 3.8) is 0 Å². The van der Waals surface area contributed by atoms with Crippen molar-refractivity contribution in [2.75, 3.05) is 86.5 Å². The number of ether oxygens (including phenoxy) is 6. The van der Waals surface area contributed by atoms with E-state index in [4.69, 9.17) is 44.9 Å². The second kappa shape index (κ2) is 37.7. The smallest absolute Gasteiger partial charge is 0.410 e. The number of aromatic nitrogens is 4. The molecule has 22 heteroatoms. The lowest BCUT2D eigenvalue weighted by molar-refractivity contribution is 0.0102. The van der Waals surface area contributed by atoms with Crippen LogP contribution in [0.15, 0.2) is 139 Å². The number of anilines is 4. The lowest BCUT2D eigenvalue weighted by atomic mass is 10.0. The molecule has 100 heavy (non-hydrogen) atoms. The van der Waals surface area contributed by atoms with Gasteiger partial charge in [-0.25, -0.2) is 24.4 Å². The van der Waals surface area contributed by atoms with E-state index >= 15 is 0 Å². The Morgan fingerprint density at radius 1 is 0.600 bits per heavy atom. The fourth-order valence-electron chi connectivity index (χ4n) is 12.0. The summed E-state index contributed by atoms with van der Waals surface area (Å²) in [4.78, 5) is 63.6. The van der Waals surface area contributed by atoms with Crippen LogP contribution in [-0.2, 0) is 64.2 Å². The quantitative estimate of drug-likeness (QED) is 0.0364. The number of hydrogen-bond donors (Lipinski definition) is 2. The van der Waals surface area contributed by atoms with Gasteiger partial charge in [0.1, 0.15) is 48.1 Å². The highest BCUT2D eigenvalue weighted by Gasteiger charge is 2.37. The molecule has 0 spiro atoms. The largest absolute Gasteiger partial charge is 0.493 e. The van der Waals surface area contributed by atoms with Crippen molar-refractivity contribution in [1.82, 2.24) is 34.6 Å². The van der Waals surface area contributed by atoms with Crippen molar-refractivity contribution in [3.05, 3.63) is 167 Å². The topological polar surface area (TPSA) is 243 Å². The molecule has 4 N–H and O–H groups in total. The van der Waals surface area contributed by atoms with E-state index in [0.29, 0.717) is 89.0 Å². The monoisotopic (exact) mass is 1390 g/mol. The minimum Gasteiger partial charge on any atom is -0.493 e. The van der Waals surface area contributed by atoms with E-state index in [1.54, 1.807) is 21.0 Å². The van der Waals surface area contributed by atoms with Crippen LogP contribution < -0.4 is 35.5 Å². The first kappa shape index (κ1) is 76.3. The van der Waals surface area contributed by atoms with Crippen LogP contribution in [0.3, 0.4) is 0 Å². The maximum atomic E-state index is 12.8. The normalized spacial score (nSPS) is 14.5. The molecule has 3 atom stereocenters. The molecule has 536 valence electrons. The summed E-state index contributed by atoms with van der Waals surface area (Å²) in [5, 5.41) is 4.95. The van der Waals surface area contributed by atoms with E-state index in [2.05, 4.69) is 105 Å². The average molecular weight is 1390 g/mol. The van der Waals surface area contributed by atoms with Gasteiger partial charge in [-0.1, -0.05) is 136 Å². The highest BCUT2D eigenvalue weighted by Crippen LogP contribution is 2.38. The van der Waals surface area contributed by atoms with Gasteiger partial charge in [-0.05, 0) is 128 Å². The Balaban J connectivity index is 0.000000186. The van der Waals surface area contributed by atoms with Gasteiger partial charge >= 0.3 is 24.3 Å². The Bertz CT molecular complexity index is 3900. The van der Waals surface area contributed by atoms with Crippen molar-refractivity contribution >= 4 is 73.6 Å². The van der Waals surface area contributed by atoms with E-state index in [1.165, 1.54) is 10.8 Å². The van der Waals surface area contributed by atoms with Crippen LogP contribution in [0.2, 0.25) is 0 Å². The highest BCUT2D eigenvalue weighted by atomic mass is 32.2. The maximum Gasteiger partial charge on any atom is 0.410 e. The van der Waals surface area contributed by atoms with Gasteiger partial charge in [-0.2, -0.15) is 9.97 Å². The zero-order valence-corrected chi connectivity index (χ0v) is 61.2. The number of nitrogen functional groups attached to an aromatic ring is 2. The Hall–Kier alpha value is -9.44. The van der Waals surface area contributed by atoms with Gasteiger partial charge in [0.15, 0.2) is 0 Å². The number of unbranched alkanes of at least 4 members (excludes halogenated alkanes) is 2. The Morgan fingerprint density at radius 2 is 1.05 bits per heavy atom. The summed E-state index contributed by atoms with van der Waals surface area (Å²) in [6.07, 6.45) is 7.92. The van der Waals surface area contributed by atoms with Crippen LogP contribution in [0.4, 0.5) is 37.4 Å². The molecule has 5 heterocycles. The minimum atomic E-state index is -1.26. The summed E-state index contributed by atoms with van der Waals surface area (Å²) < 4.78 is 46.2. The maximum absolute atomic E-state index is 12.8. The number of rotatable bonds is 22. The fourth-order valence-corrected chi connectivity index (χ4v) is 12.5. The molecule has 3 aliphatic heterocycles. The first-order chi connectivity index (χ1) is 48.2. The second-order valence-corrected chi connectivity index (χ2v) is 27.1. The predicted molar refractivity (Wildman–Crippen MR) is 399 cm³/mol. The molecule has 21 nitrogen and oxygen atoms in total. The zero-order valence-electron chi connectivity index (χ0n) is 60.4. The van der Waals surface area contributed by atoms with E-state index < -0.39 is 16.4 Å². The number of benzene rings is 6. The third kappa shape index (κ3) is 21.5. The van der Waals surface area contributed by atoms with Crippen LogP contribution in [0.25, 0.3) is 21.5 Å². The number of carbonyl (C=O) groups excluding carboxylic acids is 3. The van der Waals surface area contributed by atoms with Crippen molar-refractivity contribution in [2.24, 2.45) is 0 Å². The zero-order chi connectivity index (χ0) is 71.7. The Kier molecular flexibility index (Phi) is 28.7. The van der Waals surface area contributed by atoms with Crippen LogP contribution in [-0.4, -0.2) is 140 Å². The van der Waals surface area contributed by atoms with Gasteiger partial charge in [0.2, 0.25) is 5.16 Å². The van der Waals surface area contributed by atoms with Crippen molar-refractivity contribution in [3.8, 4) is 17.5 Å². The predicted octanol–water partition coefficient (Wildman–Crippen LogP) is 15.1. The van der Waals surface area contributed by atoms with E-state index in [-0.39, 0.29) is 36.4 Å². The molecular weight excluding hydrogens is 1280 g/mol. The van der Waals surface area contributed by atoms with Crippen molar-refractivity contribution in [1.29, 1.82) is 0 Å². The molecule has 2 aromatic heterocycles. The second-order valence-electron chi connectivity index (χ2n) is 25.8. The standard InChI is InChI=1S/C32H43N5O4.C22H26N4O2S.2C12H17NO2/c1-6-7-17-39-23-18-22-11-8-9-12-24(22)28(19-23)36-16-14-25-26(20-36)34-30(35-29(25)33)40-21(2)27-13-10-15-37(27)31(38)41-32(3,4)5;1-3-4-11-28-16-12-15-7-5-6-8-17(15)20(13-16)26-10-9-18-19(14-26)24-22(29(2)27)25-21(18)23;2*1-3-13(4-2)12(14)15-10-11-8-6-5-7-9-11/h8-9,11-12,18-19,21,27H,6-7,10,13-17,20H2,1-5H3,(H2,33,34,35);5-8,12-13H,3-4,9-11,14H2,1-2H3,(H2,23,24,25);2*5-9H,3-4,10H2,1-2H3/t21-,27-;;;/m1.../s1. The number of likely N-dealkylation sites (tertiary alicyclic amines) is 1. The summed E-state index contributed by atoms with van der Waals surface area (Å²) in [6.45, 7) is 27.9. The summed E-state index contributed by atoms with van der Waals surface area (Å²) >= 11 is 0. The summed E-state index contributed by atoms with van der Waals surface area (Å²) in [7, 11) is -1.26. The van der Waals surface area contributed by atoms with E-state index in [9.17, 15) is 18.6 Å². The van der Waals surface area contributed by atoms with Crippen molar-refractivity contribution in [2.45, 2.75) is 170 Å². The third-order valence-corrected chi connectivity index (χ3v) is 18.2. The van der Waals surface area contributed by atoms with Gasteiger partial charge in [0.05, 0.1) is 54.5 Å². The molecule has 1 unspecified atom stereocenters. The lowest BCUT2D eigenvalue weighted by Gasteiger charge is -2.33. The number of nitrogens with zero attached hydrogens (tertiary/aromatic N) is 9. The molecule has 1 saturated heterocycles. The van der Waals surface area contributed by atoms with Crippen LogP contribution >= 0.6 is 0 Å². The highest BCUT2D eigenvalue weighted by molar-refractivity contribution is 7.84. The summed E-state index contributed by atoms with van der Waals surface area (Å²) in [6, 6.07) is 44.7. The number of fused-ring (bicyclic) bond motifs is 4. The minimum absolute atomic E-state index is 0.121. The number of nitrogens with two attached hydrogens (primary N) is 2. The lowest BCUT2D eigenvalue weighted by Crippen LogP contribution is -2.46. The molecule has 0 saturated carbocycles. The summed E-state index contributed by atoms with van der Waals surface area (Å²) in [5.41, 5.74) is 19.9. The molecule has 1 fully saturated rings. The van der Waals surface area contributed by atoms with Gasteiger partial charge < -0.3 is 64.4 Å². The summed E-state index contributed by atoms with van der Waals surface area (Å²) in [5.74, 6) is 2.66. The van der Waals surface area contributed by atoms with E-state index in [1.807, 2.05) is 122 Å². The van der Waals surface area contributed by atoms with Gasteiger partial charge in [0, 0.05) is 97.5 Å². The number of amides is 3. The molecule has 0 aliphatic carbocycles. The molecule has 3 aliphatic rings. The first-order valence-corrected chi connectivity index (χ1v) is 36.8. The van der Waals surface area contributed by atoms with Crippen LogP contribution in [0, 0.1) is 0 Å². The first-order valence-electron chi connectivity index (χ1n) is 35.3. The Morgan fingerprint density at radius 3 is 1.50 bits per heavy atom. The van der Waals surface area contributed by atoms with Gasteiger partial charge in [-0.3, -0.25) is 4.21 Å². The van der Waals surface area contributed by atoms with Crippen molar-refractivity contribution < 1.29 is 47.0 Å². The van der Waals surface area contributed by atoms with Gasteiger partial charge in [0.25, 0.3) is 0 Å². The number of hydrogen-bond acceptors (Lipinski definition) is 18. The molecule has 3 amide bonds. The SMILES string of the molecule is CCCCOc1cc(N2CCc3c(N)nc(O[C@H](C)[C@H]4CCCN4C(=O)OC(C)(C)C)nc3C2)c2ccccc2c1.CCCCOc1cc(N2CCc3c(N)nc(S(C)=O)nc3C2)c2ccccc2c1.CCN(CC)C(=O)OCc1ccccc1.CCN(CC)C(=O)OCc1ccccc1. The van der Waals surface area contributed by atoms with Crippen LogP contribution in [0.5, 0.6) is 17.5 Å². The van der Waals surface area contributed by atoms with E-state index in [0.717, 1.165) is 132 Å². The third-order valence-electron chi connectivity index (χ3n) is 17.5. The van der Waals surface area contributed by atoms with Gasteiger partial charge in [-0.15, -0.1) is 0 Å². The molecule has 6 aromatic carbocycles.